The van der Waals surface area contributed by atoms with E-state index in [0.717, 1.165) is 71.7 Å². The summed E-state index contributed by atoms with van der Waals surface area (Å²) in [7, 11) is 0. The molecule has 2 heterocycles. The Morgan fingerprint density at radius 3 is 1.23 bits per heavy atom. The van der Waals surface area contributed by atoms with Gasteiger partial charge in [0, 0.05) is 27.1 Å². The minimum Gasteiger partial charge on any atom is -0.456 e. The van der Waals surface area contributed by atoms with Crippen molar-refractivity contribution in [2.75, 3.05) is 0 Å². The van der Waals surface area contributed by atoms with Crippen LogP contribution in [0.1, 0.15) is 0 Å². The predicted molar refractivity (Wildman–Crippen MR) is 364 cm³/mol. The van der Waals surface area contributed by atoms with Crippen LogP contribution in [0, 0.1) is 0 Å². The first kappa shape index (κ1) is 48.2. The van der Waals surface area contributed by atoms with Gasteiger partial charge in [0.15, 0.2) is 0 Å². The van der Waals surface area contributed by atoms with Crippen LogP contribution >= 0.6 is 0 Å². The molecule has 2 heteroatoms. The topological polar surface area (TPSA) is 26.3 Å². The molecule has 0 bridgehead atoms. The average molecular weight is 1090 g/mol. The first-order valence-corrected chi connectivity index (χ1v) is 29.6. The Balaban J connectivity index is 0.759. The Kier molecular flexibility index (Phi) is 10.7. The molecule has 0 unspecified atom stereocenters. The van der Waals surface area contributed by atoms with Crippen molar-refractivity contribution in [3.8, 4) is 77.9 Å². The van der Waals surface area contributed by atoms with Crippen LogP contribution in [0.2, 0.25) is 0 Å². The number of para-hydroxylation sites is 2. The van der Waals surface area contributed by atoms with Gasteiger partial charge in [-0.05, 0) is 192 Å². The fourth-order valence-corrected chi connectivity index (χ4v) is 14.4. The molecule has 0 aliphatic carbocycles. The molecule has 0 amide bonds. The molecular weight excluding hydrogens is 1040 g/mol. The fraction of sp³-hybridized carbons (Fsp3) is 0. The van der Waals surface area contributed by atoms with Gasteiger partial charge < -0.3 is 8.83 Å². The monoisotopic (exact) mass is 1090 g/mol. The molecule has 0 atom stereocenters. The summed E-state index contributed by atoms with van der Waals surface area (Å²) in [5, 5.41) is 19.0. The van der Waals surface area contributed by atoms with Crippen LogP contribution in [0.25, 0.3) is 186 Å². The Morgan fingerprint density at radius 1 is 0.174 bits per heavy atom. The third-order valence-corrected chi connectivity index (χ3v) is 18.2. The van der Waals surface area contributed by atoms with Gasteiger partial charge in [0.05, 0.1) is 0 Å². The van der Waals surface area contributed by atoms with E-state index in [4.69, 9.17) is 8.83 Å². The maximum absolute atomic E-state index is 7.08. The van der Waals surface area contributed by atoms with E-state index in [2.05, 4.69) is 297 Å². The van der Waals surface area contributed by atoms with Gasteiger partial charge in [-0.2, -0.15) is 0 Å². The van der Waals surface area contributed by atoms with E-state index >= 15 is 0 Å². The highest BCUT2D eigenvalue weighted by Gasteiger charge is 2.25. The van der Waals surface area contributed by atoms with Crippen molar-refractivity contribution in [2.45, 2.75) is 0 Å². The summed E-state index contributed by atoms with van der Waals surface area (Å²) < 4.78 is 13.5. The van der Waals surface area contributed by atoms with E-state index in [0.29, 0.717) is 0 Å². The van der Waals surface area contributed by atoms with E-state index in [1.54, 1.807) is 0 Å². The molecular formula is C84H50O2. The number of fused-ring (bicyclic) bond motifs is 12. The zero-order valence-corrected chi connectivity index (χ0v) is 46.7. The Labute approximate surface area is 495 Å². The summed E-state index contributed by atoms with van der Waals surface area (Å²) in [6.07, 6.45) is 0. The average Bonchev–Trinajstić information content (AvgIpc) is 1.87. The van der Waals surface area contributed by atoms with Crippen molar-refractivity contribution >= 4 is 109 Å². The highest BCUT2D eigenvalue weighted by molar-refractivity contribution is 6.29. The summed E-state index contributed by atoms with van der Waals surface area (Å²) in [5.74, 6) is 0. The van der Waals surface area contributed by atoms with E-state index < -0.39 is 0 Å². The molecule has 0 aliphatic heterocycles. The first-order chi connectivity index (χ1) is 42.7. The molecule has 398 valence electrons. The second kappa shape index (κ2) is 19.1. The molecule has 0 saturated heterocycles. The summed E-state index contributed by atoms with van der Waals surface area (Å²) in [6.45, 7) is 0. The molecule has 18 aromatic rings. The van der Waals surface area contributed by atoms with Crippen molar-refractivity contribution in [3.63, 3.8) is 0 Å². The molecule has 2 aromatic heterocycles. The molecule has 2 nitrogen and oxygen atoms in total. The minimum atomic E-state index is 0.869. The molecule has 86 heavy (non-hydrogen) atoms. The van der Waals surface area contributed by atoms with Crippen molar-refractivity contribution < 1.29 is 8.83 Å². The van der Waals surface area contributed by atoms with Crippen LogP contribution in [-0.2, 0) is 0 Å². The van der Waals surface area contributed by atoms with Gasteiger partial charge in [0.25, 0.3) is 0 Å². The maximum Gasteiger partial charge on any atom is 0.143 e. The van der Waals surface area contributed by atoms with Gasteiger partial charge in [-0.3, -0.25) is 0 Å². The van der Waals surface area contributed by atoms with Gasteiger partial charge in [-0.15, -0.1) is 0 Å². The summed E-state index contributed by atoms with van der Waals surface area (Å²) in [5.41, 5.74) is 20.1. The van der Waals surface area contributed by atoms with Gasteiger partial charge in [-0.1, -0.05) is 249 Å². The van der Waals surface area contributed by atoms with E-state index in [9.17, 15) is 0 Å². The van der Waals surface area contributed by atoms with Crippen LogP contribution in [0.5, 0.6) is 0 Å². The van der Waals surface area contributed by atoms with E-state index in [-0.39, 0.29) is 0 Å². The summed E-state index contributed by atoms with van der Waals surface area (Å²) in [6, 6.07) is 111. The lowest BCUT2D eigenvalue weighted by atomic mass is 9.82. The van der Waals surface area contributed by atoms with E-state index in [1.807, 2.05) is 6.07 Å². The standard InChI is InChI=1S/C84H50O2/c1-2-20-51(21-3-1)59-49-56-22-4-5-25-60(56)74(50-59)81-68-32-12-10-30-66(68)80(67-31-11-13-33-69(67)81)73-45-44-61(84-83(73)71-35-15-17-38-76(71)86-84)57-24-18-23-52(47-57)53-40-41-55-48-58(43-42-54(55)46-53)78-62-26-6-8-28-64(62)79(65-29-9-7-27-63(65)78)72-36-19-39-77-82(72)70-34-14-16-37-75(70)85-77/h1-50H. The first-order valence-electron chi connectivity index (χ1n) is 29.6. The third-order valence-electron chi connectivity index (χ3n) is 18.2. The third kappa shape index (κ3) is 7.40. The molecule has 0 radical (unpaired) electrons. The largest absolute Gasteiger partial charge is 0.456 e. The number of rotatable bonds is 7. The smallest absolute Gasteiger partial charge is 0.143 e. The normalized spacial score (nSPS) is 12.0. The Hall–Kier alpha value is -11.3. The second-order valence-corrected chi connectivity index (χ2v) is 22.9. The highest BCUT2D eigenvalue weighted by atomic mass is 16.3. The fourth-order valence-electron chi connectivity index (χ4n) is 14.4. The highest BCUT2D eigenvalue weighted by Crippen LogP contribution is 2.52. The Bertz CT molecular complexity index is 5720. The van der Waals surface area contributed by atoms with E-state index in [1.165, 1.54) is 115 Å². The molecule has 0 fully saturated rings. The zero-order chi connectivity index (χ0) is 56.4. The predicted octanol–water partition coefficient (Wildman–Crippen LogP) is 24.1. The lowest BCUT2D eigenvalue weighted by Gasteiger charge is -2.20. The molecule has 0 N–H and O–H groups in total. The van der Waals surface area contributed by atoms with Crippen molar-refractivity contribution in [2.24, 2.45) is 0 Å². The van der Waals surface area contributed by atoms with Gasteiger partial charge in [-0.25, -0.2) is 0 Å². The minimum absolute atomic E-state index is 0.869. The number of hydrogen-bond acceptors (Lipinski definition) is 2. The van der Waals surface area contributed by atoms with Crippen molar-refractivity contribution in [1.82, 2.24) is 0 Å². The molecule has 18 rings (SSSR count). The summed E-state index contributed by atoms with van der Waals surface area (Å²) >= 11 is 0. The van der Waals surface area contributed by atoms with Crippen LogP contribution in [-0.4, -0.2) is 0 Å². The summed E-state index contributed by atoms with van der Waals surface area (Å²) in [4.78, 5) is 0. The Morgan fingerprint density at radius 2 is 0.593 bits per heavy atom. The van der Waals surface area contributed by atoms with Crippen LogP contribution in [0.15, 0.2) is 312 Å². The van der Waals surface area contributed by atoms with Crippen LogP contribution in [0.4, 0.5) is 0 Å². The number of benzene rings is 16. The lowest BCUT2D eigenvalue weighted by Crippen LogP contribution is -1.93. The molecule has 0 spiro atoms. The van der Waals surface area contributed by atoms with Crippen LogP contribution < -0.4 is 0 Å². The quantitative estimate of drug-likeness (QED) is 0.149. The van der Waals surface area contributed by atoms with Gasteiger partial charge >= 0.3 is 0 Å². The number of furan rings is 2. The lowest BCUT2D eigenvalue weighted by molar-refractivity contribution is 0.669. The molecule has 16 aromatic carbocycles. The maximum atomic E-state index is 7.08. The zero-order valence-electron chi connectivity index (χ0n) is 46.7. The van der Waals surface area contributed by atoms with Gasteiger partial charge in [0.1, 0.15) is 22.3 Å². The van der Waals surface area contributed by atoms with Crippen molar-refractivity contribution in [1.29, 1.82) is 0 Å². The second-order valence-electron chi connectivity index (χ2n) is 22.9. The SMILES string of the molecule is c1ccc(-c2cc(-c3c4ccccc4c(-c4ccc(-c5cccc(-c6ccc7cc(-c8c9ccccc9c(-c9cccc%10oc%11ccccc%11c9%10)c9ccccc89)ccc7c6)c5)c5oc6ccccc6c45)c4ccccc34)c3ccccc3c2)cc1. The van der Waals surface area contributed by atoms with Gasteiger partial charge in [0.2, 0.25) is 0 Å². The van der Waals surface area contributed by atoms with Crippen LogP contribution in [0.3, 0.4) is 0 Å². The number of hydrogen-bond donors (Lipinski definition) is 0. The molecule has 0 saturated carbocycles. The molecule has 0 aliphatic rings. The van der Waals surface area contributed by atoms with Crippen molar-refractivity contribution in [3.05, 3.63) is 303 Å².